The average molecular weight is 458 g/mol. The van der Waals surface area contributed by atoms with E-state index in [1.54, 1.807) is 25.1 Å². The van der Waals surface area contributed by atoms with Crippen LogP contribution in [0.2, 0.25) is 0 Å². The second kappa shape index (κ2) is 9.53. The van der Waals surface area contributed by atoms with Gasteiger partial charge in [0.1, 0.15) is 6.04 Å². The summed E-state index contributed by atoms with van der Waals surface area (Å²) in [5.41, 5.74) is 0.672. The fourth-order valence-corrected chi connectivity index (χ4v) is 3.87. The first-order chi connectivity index (χ1) is 15.5. The van der Waals surface area contributed by atoms with Gasteiger partial charge in [0.25, 0.3) is 0 Å². The maximum atomic E-state index is 13.4. The molecule has 2 amide bonds. The van der Waals surface area contributed by atoms with E-state index >= 15 is 0 Å². The smallest absolute Gasteiger partial charge is 0.367 e. The Morgan fingerprint density at radius 3 is 2.36 bits per heavy atom. The number of amides is 2. The molecule has 1 atom stereocenters. The Morgan fingerprint density at radius 1 is 1.12 bits per heavy atom. The largest absolute Gasteiger partial charge is 0.417 e. The summed E-state index contributed by atoms with van der Waals surface area (Å²) >= 11 is 0. The van der Waals surface area contributed by atoms with Gasteiger partial charge in [-0.05, 0) is 30.7 Å². The molecule has 2 aromatic rings. The SMILES string of the molecule is Cc1ccc(CC(=O)N2CCN(c3ccc(C#N)c(C(F)(F)F)c3)CC2C(=O)N(C)C)cc1. The van der Waals surface area contributed by atoms with Crippen LogP contribution in [0, 0.1) is 18.3 Å². The van der Waals surface area contributed by atoms with Gasteiger partial charge >= 0.3 is 6.18 Å². The molecule has 1 unspecified atom stereocenters. The number of nitrogens with zero attached hydrogens (tertiary/aromatic N) is 4. The number of hydrogen-bond donors (Lipinski definition) is 0. The molecule has 9 heteroatoms. The minimum atomic E-state index is -4.67. The Hall–Kier alpha value is -3.54. The Labute approximate surface area is 190 Å². The third-order valence-electron chi connectivity index (χ3n) is 5.70. The summed E-state index contributed by atoms with van der Waals surface area (Å²) in [5, 5.41) is 9.03. The van der Waals surface area contributed by atoms with Crippen LogP contribution in [0.1, 0.15) is 22.3 Å². The highest BCUT2D eigenvalue weighted by Crippen LogP contribution is 2.35. The lowest BCUT2D eigenvalue weighted by molar-refractivity contribution is -0.144. The molecule has 0 spiro atoms. The van der Waals surface area contributed by atoms with Crippen molar-refractivity contribution in [2.45, 2.75) is 25.6 Å². The Bertz CT molecular complexity index is 1070. The predicted octanol–water partition coefficient (Wildman–Crippen LogP) is 3.23. The number of piperazine rings is 1. The zero-order valence-corrected chi connectivity index (χ0v) is 18.7. The molecule has 0 radical (unpaired) electrons. The number of hydrogen-bond acceptors (Lipinski definition) is 4. The number of aryl methyl sites for hydroxylation is 1. The number of likely N-dealkylation sites (N-methyl/N-ethyl adjacent to an activating group) is 1. The normalized spacial score (nSPS) is 16.3. The van der Waals surface area contributed by atoms with E-state index in [1.165, 1.54) is 15.9 Å². The fourth-order valence-electron chi connectivity index (χ4n) is 3.87. The van der Waals surface area contributed by atoms with Gasteiger partial charge in [0.05, 0.1) is 23.6 Å². The first kappa shape index (κ1) is 24.1. The molecule has 1 heterocycles. The molecule has 3 rings (SSSR count). The van der Waals surface area contributed by atoms with Gasteiger partial charge in [-0.25, -0.2) is 0 Å². The van der Waals surface area contributed by atoms with E-state index in [4.69, 9.17) is 5.26 Å². The van der Waals surface area contributed by atoms with Crippen molar-refractivity contribution >= 4 is 17.5 Å². The molecule has 0 aromatic heterocycles. The van der Waals surface area contributed by atoms with Gasteiger partial charge < -0.3 is 14.7 Å². The molecule has 1 saturated heterocycles. The lowest BCUT2D eigenvalue weighted by atomic mass is 10.0. The molecule has 0 bridgehead atoms. The number of rotatable bonds is 4. The minimum Gasteiger partial charge on any atom is -0.367 e. The topological polar surface area (TPSA) is 67.6 Å². The van der Waals surface area contributed by atoms with E-state index in [-0.39, 0.29) is 43.6 Å². The maximum Gasteiger partial charge on any atom is 0.417 e. The Kier molecular flexibility index (Phi) is 6.96. The maximum absolute atomic E-state index is 13.4. The third kappa shape index (κ3) is 5.45. The van der Waals surface area contributed by atoms with Crippen molar-refractivity contribution in [2.75, 3.05) is 38.6 Å². The first-order valence-electron chi connectivity index (χ1n) is 10.4. The van der Waals surface area contributed by atoms with Gasteiger partial charge in [0.15, 0.2) is 0 Å². The fraction of sp³-hybridized carbons (Fsp3) is 0.375. The molecule has 174 valence electrons. The summed E-state index contributed by atoms with van der Waals surface area (Å²) in [6.45, 7) is 2.46. The average Bonchev–Trinajstić information content (AvgIpc) is 2.78. The summed E-state index contributed by atoms with van der Waals surface area (Å²) in [4.78, 5) is 30.5. The number of anilines is 1. The van der Waals surface area contributed by atoms with Crippen LogP contribution in [0.5, 0.6) is 0 Å². The lowest BCUT2D eigenvalue weighted by Gasteiger charge is -2.42. The van der Waals surface area contributed by atoms with E-state index in [0.717, 1.165) is 23.3 Å². The van der Waals surface area contributed by atoms with E-state index in [0.29, 0.717) is 0 Å². The van der Waals surface area contributed by atoms with Crippen molar-refractivity contribution in [1.82, 2.24) is 9.80 Å². The molecule has 0 aliphatic carbocycles. The molecular weight excluding hydrogens is 433 g/mol. The van der Waals surface area contributed by atoms with E-state index in [9.17, 15) is 22.8 Å². The Balaban J connectivity index is 1.86. The van der Waals surface area contributed by atoms with Gasteiger partial charge in [-0.2, -0.15) is 18.4 Å². The van der Waals surface area contributed by atoms with Crippen molar-refractivity contribution in [3.05, 3.63) is 64.7 Å². The number of carbonyl (C=O) groups excluding carboxylic acids is 2. The molecule has 6 nitrogen and oxygen atoms in total. The van der Waals surface area contributed by atoms with Gasteiger partial charge in [-0.3, -0.25) is 9.59 Å². The lowest BCUT2D eigenvalue weighted by Crippen LogP contribution is -2.60. The molecule has 33 heavy (non-hydrogen) atoms. The van der Waals surface area contributed by atoms with Crippen LogP contribution in [0.25, 0.3) is 0 Å². The van der Waals surface area contributed by atoms with Crippen molar-refractivity contribution < 1.29 is 22.8 Å². The van der Waals surface area contributed by atoms with Gasteiger partial charge in [-0.15, -0.1) is 0 Å². The highest BCUT2D eigenvalue weighted by atomic mass is 19.4. The third-order valence-corrected chi connectivity index (χ3v) is 5.70. The summed E-state index contributed by atoms with van der Waals surface area (Å²) in [6, 6.07) is 11.8. The second-order valence-corrected chi connectivity index (χ2v) is 8.28. The Morgan fingerprint density at radius 2 is 1.79 bits per heavy atom. The van der Waals surface area contributed by atoms with Gasteiger partial charge in [0, 0.05) is 39.4 Å². The van der Waals surface area contributed by atoms with Crippen LogP contribution in [0.3, 0.4) is 0 Å². The summed E-state index contributed by atoms with van der Waals surface area (Å²) in [6.07, 6.45) is -4.54. The molecule has 0 saturated carbocycles. The van der Waals surface area contributed by atoms with E-state index in [1.807, 2.05) is 31.2 Å². The summed E-state index contributed by atoms with van der Waals surface area (Å²) in [5.74, 6) is -0.517. The highest BCUT2D eigenvalue weighted by molar-refractivity contribution is 5.89. The minimum absolute atomic E-state index is 0.0554. The quantitative estimate of drug-likeness (QED) is 0.706. The zero-order valence-electron chi connectivity index (χ0n) is 18.7. The van der Waals surface area contributed by atoms with Crippen molar-refractivity contribution in [1.29, 1.82) is 5.26 Å². The van der Waals surface area contributed by atoms with E-state index < -0.39 is 23.3 Å². The van der Waals surface area contributed by atoms with Crippen LogP contribution in [0.4, 0.5) is 18.9 Å². The number of nitriles is 1. The summed E-state index contributed by atoms with van der Waals surface area (Å²) in [7, 11) is 3.15. The van der Waals surface area contributed by atoms with Gasteiger partial charge in [-0.1, -0.05) is 29.8 Å². The molecule has 1 fully saturated rings. The van der Waals surface area contributed by atoms with E-state index in [2.05, 4.69) is 0 Å². The van der Waals surface area contributed by atoms with Crippen LogP contribution >= 0.6 is 0 Å². The van der Waals surface area contributed by atoms with Crippen LogP contribution in [-0.2, 0) is 22.2 Å². The summed E-state index contributed by atoms with van der Waals surface area (Å²) < 4.78 is 40.2. The van der Waals surface area contributed by atoms with Crippen LogP contribution in [0.15, 0.2) is 42.5 Å². The predicted molar refractivity (Wildman–Crippen MR) is 117 cm³/mol. The van der Waals surface area contributed by atoms with Crippen LogP contribution < -0.4 is 4.90 Å². The molecular formula is C24H25F3N4O2. The highest BCUT2D eigenvalue weighted by Gasteiger charge is 2.38. The molecule has 0 N–H and O–H groups in total. The second-order valence-electron chi connectivity index (χ2n) is 8.28. The number of carbonyl (C=O) groups is 2. The van der Waals surface area contributed by atoms with Crippen molar-refractivity contribution in [3.63, 3.8) is 0 Å². The van der Waals surface area contributed by atoms with Crippen molar-refractivity contribution in [3.8, 4) is 6.07 Å². The number of benzene rings is 2. The number of alkyl halides is 3. The first-order valence-corrected chi connectivity index (χ1v) is 10.4. The standard InChI is InChI=1S/C24H25F3N4O2/c1-16-4-6-17(7-5-16)12-22(32)31-11-10-30(15-21(31)23(33)29(2)3)19-9-8-18(14-28)20(13-19)24(25,26)27/h4-9,13,21H,10-12,15H2,1-3H3. The molecule has 1 aliphatic rings. The van der Waals surface area contributed by atoms with Crippen molar-refractivity contribution in [2.24, 2.45) is 0 Å². The monoisotopic (exact) mass is 458 g/mol. The van der Waals surface area contributed by atoms with Crippen LogP contribution in [-0.4, -0.2) is 61.4 Å². The zero-order chi connectivity index (χ0) is 24.3. The molecule has 2 aromatic carbocycles. The molecule has 1 aliphatic heterocycles. The number of halogens is 3. The van der Waals surface area contributed by atoms with Gasteiger partial charge in [0.2, 0.25) is 11.8 Å².